The van der Waals surface area contributed by atoms with E-state index in [1.54, 1.807) is 0 Å². The molecule has 1 rings (SSSR count). The van der Waals surface area contributed by atoms with Crippen molar-refractivity contribution < 1.29 is 15.0 Å². The quantitative estimate of drug-likeness (QED) is 0.676. The Morgan fingerprint density at radius 2 is 1.82 bits per heavy atom. The SMILES string of the molecule is O=C(O)CCN(CCCCO)c1ccccc1. The van der Waals surface area contributed by atoms with Crippen LogP contribution in [0, 0.1) is 0 Å². The first kappa shape index (κ1) is 13.5. The molecule has 1 aromatic carbocycles. The summed E-state index contributed by atoms with van der Waals surface area (Å²) in [4.78, 5) is 12.6. The van der Waals surface area contributed by atoms with Gasteiger partial charge in [0, 0.05) is 25.4 Å². The Hall–Kier alpha value is -1.55. The van der Waals surface area contributed by atoms with Crippen LogP contribution in [0.2, 0.25) is 0 Å². The van der Waals surface area contributed by atoms with E-state index in [2.05, 4.69) is 0 Å². The predicted molar refractivity (Wildman–Crippen MR) is 67.2 cm³/mol. The van der Waals surface area contributed by atoms with E-state index in [1.807, 2.05) is 35.2 Å². The van der Waals surface area contributed by atoms with Crippen LogP contribution in [0.25, 0.3) is 0 Å². The summed E-state index contributed by atoms with van der Waals surface area (Å²) in [5.41, 5.74) is 1.03. The van der Waals surface area contributed by atoms with Crippen molar-refractivity contribution in [3.05, 3.63) is 30.3 Å². The molecule has 1 aromatic rings. The summed E-state index contributed by atoms with van der Waals surface area (Å²) in [6.45, 7) is 1.46. The van der Waals surface area contributed by atoms with Gasteiger partial charge in [-0.05, 0) is 25.0 Å². The molecule has 0 aliphatic heterocycles. The summed E-state index contributed by atoms with van der Waals surface area (Å²) in [5, 5.41) is 17.5. The van der Waals surface area contributed by atoms with Gasteiger partial charge in [-0.1, -0.05) is 18.2 Å². The van der Waals surface area contributed by atoms with Crippen LogP contribution in [-0.2, 0) is 4.79 Å². The molecular weight excluding hydrogens is 218 g/mol. The first-order valence-electron chi connectivity index (χ1n) is 5.86. The van der Waals surface area contributed by atoms with Crippen LogP contribution in [0.4, 0.5) is 5.69 Å². The van der Waals surface area contributed by atoms with Crippen LogP contribution in [0.1, 0.15) is 19.3 Å². The normalized spacial score (nSPS) is 10.2. The summed E-state index contributed by atoms with van der Waals surface area (Å²) < 4.78 is 0. The van der Waals surface area contributed by atoms with Gasteiger partial charge in [0.2, 0.25) is 0 Å². The lowest BCUT2D eigenvalue weighted by Crippen LogP contribution is -2.27. The maximum absolute atomic E-state index is 10.6. The maximum atomic E-state index is 10.6. The Balaban J connectivity index is 2.55. The zero-order chi connectivity index (χ0) is 12.5. The zero-order valence-corrected chi connectivity index (χ0v) is 9.88. The fourth-order valence-electron chi connectivity index (χ4n) is 1.65. The van der Waals surface area contributed by atoms with E-state index in [-0.39, 0.29) is 13.0 Å². The Kier molecular flexibility index (Phi) is 6.10. The highest BCUT2D eigenvalue weighted by Gasteiger charge is 2.07. The first-order chi connectivity index (χ1) is 8.24. The molecule has 0 aliphatic rings. The second-order valence-electron chi connectivity index (χ2n) is 3.90. The first-order valence-corrected chi connectivity index (χ1v) is 5.86. The highest BCUT2D eigenvalue weighted by atomic mass is 16.4. The molecule has 4 nitrogen and oxygen atoms in total. The lowest BCUT2D eigenvalue weighted by Gasteiger charge is -2.24. The van der Waals surface area contributed by atoms with Crippen LogP contribution in [-0.4, -0.2) is 35.9 Å². The number of carboxylic acids is 1. The fourth-order valence-corrected chi connectivity index (χ4v) is 1.65. The molecule has 0 saturated heterocycles. The van der Waals surface area contributed by atoms with E-state index in [4.69, 9.17) is 10.2 Å². The van der Waals surface area contributed by atoms with Crippen molar-refractivity contribution in [2.75, 3.05) is 24.6 Å². The van der Waals surface area contributed by atoms with Crippen molar-refractivity contribution in [3.63, 3.8) is 0 Å². The van der Waals surface area contributed by atoms with Gasteiger partial charge in [0.05, 0.1) is 6.42 Å². The molecule has 17 heavy (non-hydrogen) atoms. The number of para-hydroxylation sites is 1. The van der Waals surface area contributed by atoms with E-state index < -0.39 is 5.97 Å². The second-order valence-corrected chi connectivity index (χ2v) is 3.90. The number of carboxylic acid groups (broad SMARTS) is 1. The number of carbonyl (C=O) groups is 1. The van der Waals surface area contributed by atoms with Crippen molar-refractivity contribution >= 4 is 11.7 Å². The number of unbranched alkanes of at least 4 members (excludes halogenated alkanes) is 1. The van der Waals surface area contributed by atoms with Gasteiger partial charge in [0.1, 0.15) is 0 Å². The maximum Gasteiger partial charge on any atom is 0.305 e. The van der Waals surface area contributed by atoms with Gasteiger partial charge in [-0.15, -0.1) is 0 Å². The Morgan fingerprint density at radius 1 is 1.12 bits per heavy atom. The Bertz CT molecular complexity index is 327. The van der Waals surface area contributed by atoms with Crippen LogP contribution in [0.5, 0.6) is 0 Å². The van der Waals surface area contributed by atoms with E-state index in [1.165, 1.54) is 0 Å². The van der Waals surface area contributed by atoms with E-state index in [0.717, 1.165) is 25.1 Å². The third-order valence-electron chi connectivity index (χ3n) is 2.55. The Morgan fingerprint density at radius 3 is 2.41 bits per heavy atom. The molecule has 0 atom stereocenters. The van der Waals surface area contributed by atoms with Crippen LogP contribution >= 0.6 is 0 Å². The zero-order valence-electron chi connectivity index (χ0n) is 9.88. The minimum atomic E-state index is -0.784. The minimum absolute atomic E-state index is 0.133. The molecule has 2 N–H and O–H groups in total. The fraction of sp³-hybridized carbons (Fsp3) is 0.462. The van der Waals surface area contributed by atoms with E-state index in [0.29, 0.717) is 6.54 Å². The van der Waals surface area contributed by atoms with Gasteiger partial charge >= 0.3 is 5.97 Å². The molecule has 0 spiro atoms. The predicted octanol–water partition coefficient (Wildman–Crippen LogP) is 1.74. The highest BCUT2D eigenvalue weighted by Crippen LogP contribution is 2.14. The monoisotopic (exact) mass is 237 g/mol. The van der Waals surface area contributed by atoms with Crippen LogP contribution in [0.3, 0.4) is 0 Å². The lowest BCUT2D eigenvalue weighted by atomic mass is 10.2. The number of hydrogen-bond donors (Lipinski definition) is 2. The largest absolute Gasteiger partial charge is 0.481 e. The molecule has 0 radical (unpaired) electrons. The number of aliphatic hydroxyl groups is 1. The molecule has 0 bridgehead atoms. The number of rotatable bonds is 8. The molecular formula is C13H19NO3. The van der Waals surface area contributed by atoms with Crippen molar-refractivity contribution in [1.82, 2.24) is 0 Å². The van der Waals surface area contributed by atoms with Crippen LogP contribution in [0.15, 0.2) is 30.3 Å². The average Bonchev–Trinajstić information content (AvgIpc) is 2.34. The molecule has 0 unspecified atom stereocenters. The summed E-state index contributed by atoms with van der Waals surface area (Å²) in [6.07, 6.45) is 1.75. The number of aliphatic hydroxyl groups excluding tert-OH is 1. The molecule has 0 heterocycles. The van der Waals surface area contributed by atoms with Gasteiger partial charge < -0.3 is 15.1 Å². The van der Waals surface area contributed by atoms with Crippen LogP contribution < -0.4 is 4.90 Å². The molecule has 0 saturated carbocycles. The molecule has 0 fully saturated rings. The number of anilines is 1. The molecule has 0 aromatic heterocycles. The van der Waals surface area contributed by atoms with Crippen molar-refractivity contribution in [1.29, 1.82) is 0 Å². The van der Waals surface area contributed by atoms with E-state index in [9.17, 15) is 4.79 Å². The third kappa shape index (κ3) is 5.36. The lowest BCUT2D eigenvalue weighted by molar-refractivity contribution is -0.136. The average molecular weight is 237 g/mol. The minimum Gasteiger partial charge on any atom is -0.481 e. The van der Waals surface area contributed by atoms with Gasteiger partial charge in [0.25, 0.3) is 0 Å². The highest BCUT2D eigenvalue weighted by molar-refractivity contribution is 5.67. The standard InChI is InChI=1S/C13H19NO3/c15-11-5-4-9-14(10-8-13(16)17)12-6-2-1-3-7-12/h1-3,6-7,15H,4-5,8-11H2,(H,16,17). The van der Waals surface area contributed by atoms with Crippen molar-refractivity contribution in [3.8, 4) is 0 Å². The number of aliphatic carboxylic acids is 1. The van der Waals surface area contributed by atoms with Gasteiger partial charge in [-0.3, -0.25) is 4.79 Å². The van der Waals surface area contributed by atoms with Gasteiger partial charge in [-0.25, -0.2) is 0 Å². The van der Waals surface area contributed by atoms with Crippen molar-refractivity contribution in [2.45, 2.75) is 19.3 Å². The third-order valence-corrected chi connectivity index (χ3v) is 2.55. The molecule has 94 valence electrons. The van der Waals surface area contributed by atoms with Gasteiger partial charge in [0.15, 0.2) is 0 Å². The summed E-state index contributed by atoms with van der Waals surface area (Å²) in [6, 6.07) is 9.76. The number of nitrogens with zero attached hydrogens (tertiary/aromatic N) is 1. The summed E-state index contributed by atoms with van der Waals surface area (Å²) in [5.74, 6) is -0.784. The second kappa shape index (κ2) is 7.68. The Labute approximate surface area is 101 Å². The smallest absolute Gasteiger partial charge is 0.305 e. The summed E-state index contributed by atoms with van der Waals surface area (Å²) >= 11 is 0. The summed E-state index contributed by atoms with van der Waals surface area (Å²) in [7, 11) is 0. The van der Waals surface area contributed by atoms with E-state index >= 15 is 0 Å². The number of benzene rings is 1. The molecule has 0 aliphatic carbocycles. The molecule has 0 amide bonds. The van der Waals surface area contributed by atoms with Gasteiger partial charge in [-0.2, -0.15) is 0 Å². The molecule has 4 heteroatoms. The topological polar surface area (TPSA) is 60.8 Å². The van der Waals surface area contributed by atoms with Crippen molar-refractivity contribution in [2.24, 2.45) is 0 Å². The number of hydrogen-bond acceptors (Lipinski definition) is 3.